The summed E-state index contributed by atoms with van der Waals surface area (Å²) in [7, 11) is 4.35. The van der Waals surface area contributed by atoms with Crippen LogP contribution in [0, 0.1) is 20.8 Å². The Morgan fingerprint density at radius 2 is 1.62 bits per heavy atom. The minimum atomic E-state index is 0.124. The molecular weight excluding hydrogens is 256 g/mol. The van der Waals surface area contributed by atoms with Crippen LogP contribution in [-0.2, 0) is 6.42 Å². The minimum absolute atomic E-state index is 0.124. The Labute approximate surface area is 131 Å². The normalized spacial score (nSPS) is 13.8. The van der Waals surface area contributed by atoms with Crippen LogP contribution in [-0.4, -0.2) is 37.1 Å². The predicted octanol–water partition coefficient (Wildman–Crippen LogP) is 3.86. The van der Waals surface area contributed by atoms with Crippen LogP contribution in [0.25, 0.3) is 0 Å². The average Bonchev–Trinajstić information content (AvgIpc) is 2.36. The molecule has 2 heteroatoms. The molecule has 0 radical (unpaired) electrons. The molecular formula is C19H34N2. The van der Waals surface area contributed by atoms with E-state index in [4.69, 9.17) is 0 Å². The average molecular weight is 290 g/mol. The fourth-order valence-electron chi connectivity index (χ4n) is 2.94. The van der Waals surface area contributed by atoms with E-state index in [0.717, 1.165) is 13.0 Å². The van der Waals surface area contributed by atoms with E-state index in [1.54, 1.807) is 0 Å². The molecule has 0 aliphatic carbocycles. The molecule has 120 valence electrons. The van der Waals surface area contributed by atoms with E-state index in [9.17, 15) is 0 Å². The number of hydrogen-bond acceptors (Lipinski definition) is 2. The summed E-state index contributed by atoms with van der Waals surface area (Å²) < 4.78 is 0. The number of likely N-dealkylation sites (N-methyl/N-ethyl adjacent to an activating group) is 1. The zero-order chi connectivity index (χ0) is 16.2. The van der Waals surface area contributed by atoms with Crippen molar-refractivity contribution in [2.75, 3.05) is 20.6 Å². The smallest absolute Gasteiger partial charge is 0.0303 e. The molecule has 1 rings (SSSR count). The molecule has 0 aliphatic heterocycles. The third kappa shape index (κ3) is 4.55. The molecule has 0 amide bonds. The van der Waals surface area contributed by atoms with Gasteiger partial charge < -0.3 is 10.2 Å². The van der Waals surface area contributed by atoms with Crippen LogP contribution >= 0.6 is 0 Å². The SMILES string of the molecule is CCCNC(Cc1c(C)cc(C)cc1C)C(C)(C)N(C)C. The van der Waals surface area contributed by atoms with Gasteiger partial charge in [0, 0.05) is 11.6 Å². The molecule has 1 aromatic rings. The third-order valence-corrected chi connectivity index (χ3v) is 4.89. The second kappa shape index (κ2) is 7.42. The highest BCUT2D eigenvalue weighted by Crippen LogP contribution is 2.24. The van der Waals surface area contributed by atoms with Crippen molar-refractivity contribution in [1.29, 1.82) is 0 Å². The zero-order valence-electron chi connectivity index (χ0n) is 15.3. The lowest BCUT2D eigenvalue weighted by Crippen LogP contribution is -2.56. The predicted molar refractivity (Wildman–Crippen MR) is 94.2 cm³/mol. The number of nitrogens with zero attached hydrogens (tertiary/aromatic N) is 1. The second-order valence-corrected chi connectivity index (χ2v) is 7.14. The van der Waals surface area contributed by atoms with Gasteiger partial charge in [0.25, 0.3) is 0 Å². The van der Waals surface area contributed by atoms with Crippen molar-refractivity contribution in [2.24, 2.45) is 0 Å². The van der Waals surface area contributed by atoms with E-state index in [1.165, 1.54) is 28.7 Å². The van der Waals surface area contributed by atoms with Crippen molar-refractivity contribution in [3.05, 3.63) is 34.4 Å². The summed E-state index contributed by atoms with van der Waals surface area (Å²) in [5, 5.41) is 3.77. The molecule has 0 aromatic heterocycles. The fourth-order valence-corrected chi connectivity index (χ4v) is 2.94. The van der Waals surface area contributed by atoms with E-state index < -0.39 is 0 Å². The molecule has 2 nitrogen and oxygen atoms in total. The lowest BCUT2D eigenvalue weighted by molar-refractivity contribution is 0.137. The van der Waals surface area contributed by atoms with Crippen LogP contribution in [0.1, 0.15) is 49.4 Å². The van der Waals surface area contributed by atoms with Gasteiger partial charge in [-0.3, -0.25) is 0 Å². The molecule has 1 N–H and O–H groups in total. The Morgan fingerprint density at radius 3 is 2.05 bits per heavy atom. The summed E-state index contributed by atoms with van der Waals surface area (Å²) in [6, 6.07) is 5.07. The molecule has 0 saturated carbocycles. The number of aryl methyl sites for hydroxylation is 3. The first-order valence-corrected chi connectivity index (χ1v) is 8.17. The van der Waals surface area contributed by atoms with Crippen LogP contribution in [0.3, 0.4) is 0 Å². The van der Waals surface area contributed by atoms with Gasteiger partial charge in [-0.15, -0.1) is 0 Å². The number of hydrogen-bond donors (Lipinski definition) is 1. The summed E-state index contributed by atoms with van der Waals surface area (Å²) in [5.41, 5.74) is 5.83. The first-order valence-electron chi connectivity index (χ1n) is 8.17. The molecule has 0 spiro atoms. The molecule has 0 aliphatic rings. The van der Waals surface area contributed by atoms with Crippen LogP contribution in [0.15, 0.2) is 12.1 Å². The molecule has 21 heavy (non-hydrogen) atoms. The molecule has 0 heterocycles. The maximum atomic E-state index is 3.77. The number of nitrogens with one attached hydrogen (secondary N) is 1. The summed E-state index contributed by atoms with van der Waals surface area (Å²) in [4.78, 5) is 2.33. The van der Waals surface area contributed by atoms with Crippen LogP contribution in [0.2, 0.25) is 0 Å². The zero-order valence-corrected chi connectivity index (χ0v) is 15.3. The molecule has 0 saturated heterocycles. The summed E-state index contributed by atoms with van der Waals surface area (Å²) in [6.45, 7) is 14.6. The third-order valence-electron chi connectivity index (χ3n) is 4.89. The Kier molecular flexibility index (Phi) is 6.42. The first kappa shape index (κ1) is 18.2. The number of benzene rings is 1. The standard InChI is InChI=1S/C19H34N2/c1-9-10-20-18(19(5,6)21(7)8)13-17-15(3)11-14(2)12-16(17)4/h11-12,18,20H,9-10,13H2,1-8H3. The van der Waals surface area contributed by atoms with Gasteiger partial charge >= 0.3 is 0 Å². The topological polar surface area (TPSA) is 15.3 Å². The van der Waals surface area contributed by atoms with Crippen LogP contribution in [0.5, 0.6) is 0 Å². The number of rotatable bonds is 7. The van der Waals surface area contributed by atoms with Crippen molar-refractivity contribution in [3.8, 4) is 0 Å². The van der Waals surface area contributed by atoms with Gasteiger partial charge in [-0.25, -0.2) is 0 Å². The van der Waals surface area contributed by atoms with Crippen molar-refractivity contribution in [1.82, 2.24) is 10.2 Å². The molecule has 1 atom stereocenters. The van der Waals surface area contributed by atoms with E-state index in [2.05, 4.69) is 78.0 Å². The highest BCUT2D eigenvalue weighted by atomic mass is 15.2. The lowest BCUT2D eigenvalue weighted by Gasteiger charge is -2.41. The Balaban J connectivity index is 3.07. The van der Waals surface area contributed by atoms with E-state index in [-0.39, 0.29) is 5.54 Å². The Morgan fingerprint density at radius 1 is 1.10 bits per heavy atom. The summed E-state index contributed by atoms with van der Waals surface area (Å²) >= 11 is 0. The van der Waals surface area contributed by atoms with Gasteiger partial charge in [-0.2, -0.15) is 0 Å². The first-order chi connectivity index (χ1) is 9.70. The van der Waals surface area contributed by atoms with Crippen molar-refractivity contribution in [2.45, 2.75) is 66.0 Å². The van der Waals surface area contributed by atoms with Gasteiger partial charge in [0.1, 0.15) is 0 Å². The lowest BCUT2D eigenvalue weighted by atomic mass is 9.85. The van der Waals surface area contributed by atoms with Crippen molar-refractivity contribution >= 4 is 0 Å². The Hall–Kier alpha value is -0.860. The Bertz CT molecular complexity index is 438. The van der Waals surface area contributed by atoms with E-state index >= 15 is 0 Å². The highest BCUT2D eigenvalue weighted by Gasteiger charge is 2.31. The van der Waals surface area contributed by atoms with Crippen LogP contribution < -0.4 is 5.32 Å². The van der Waals surface area contributed by atoms with Gasteiger partial charge in [0.05, 0.1) is 0 Å². The van der Waals surface area contributed by atoms with E-state index in [0.29, 0.717) is 6.04 Å². The van der Waals surface area contributed by atoms with E-state index in [1.807, 2.05) is 0 Å². The molecule has 0 bridgehead atoms. The summed E-state index contributed by atoms with van der Waals surface area (Å²) in [5.74, 6) is 0. The van der Waals surface area contributed by atoms with Crippen molar-refractivity contribution in [3.63, 3.8) is 0 Å². The molecule has 0 fully saturated rings. The van der Waals surface area contributed by atoms with Crippen molar-refractivity contribution < 1.29 is 0 Å². The van der Waals surface area contributed by atoms with Gasteiger partial charge in [-0.1, -0.05) is 24.6 Å². The summed E-state index contributed by atoms with van der Waals surface area (Å²) in [6.07, 6.45) is 2.26. The van der Waals surface area contributed by atoms with Crippen LogP contribution in [0.4, 0.5) is 0 Å². The van der Waals surface area contributed by atoms with Gasteiger partial charge in [0.2, 0.25) is 0 Å². The minimum Gasteiger partial charge on any atom is -0.312 e. The second-order valence-electron chi connectivity index (χ2n) is 7.14. The molecule has 1 aromatic carbocycles. The largest absolute Gasteiger partial charge is 0.312 e. The quantitative estimate of drug-likeness (QED) is 0.820. The monoisotopic (exact) mass is 290 g/mol. The maximum absolute atomic E-state index is 3.77. The maximum Gasteiger partial charge on any atom is 0.0303 e. The van der Waals surface area contributed by atoms with Gasteiger partial charge in [0.15, 0.2) is 0 Å². The van der Waals surface area contributed by atoms with Gasteiger partial charge in [-0.05, 0) is 84.8 Å². The highest BCUT2D eigenvalue weighted by molar-refractivity contribution is 5.38. The molecule has 1 unspecified atom stereocenters. The fraction of sp³-hybridized carbons (Fsp3) is 0.684.